The Morgan fingerprint density at radius 1 is 1.05 bits per heavy atom. The van der Waals surface area contributed by atoms with Gasteiger partial charge < -0.3 is 14.8 Å². The molecule has 3 nitrogen and oxygen atoms in total. The molecule has 1 aliphatic rings. The lowest BCUT2D eigenvalue weighted by Crippen LogP contribution is -2.37. The van der Waals surface area contributed by atoms with E-state index in [1.54, 1.807) is 0 Å². The standard InChI is InChI=1S/C17H27NO2/c1-4-9-18-13-17(5-2,6-3)14-7-8-15-16(12-14)20-11-10-19-15/h7-8,12,18H,4-6,9-11,13H2,1-3H3. The van der Waals surface area contributed by atoms with E-state index < -0.39 is 0 Å². The highest BCUT2D eigenvalue weighted by molar-refractivity contribution is 5.46. The number of benzene rings is 1. The topological polar surface area (TPSA) is 30.5 Å². The molecule has 112 valence electrons. The highest BCUT2D eigenvalue weighted by Gasteiger charge is 2.29. The van der Waals surface area contributed by atoms with Crippen LogP contribution in [0.15, 0.2) is 18.2 Å². The number of hydrogen-bond donors (Lipinski definition) is 1. The molecule has 0 saturated carbocycles. The van der Waals surface area contributed by atoms with E-state index in [1.165, 1.54) is 12.0 Å². The van der Waals surface area contributed by atoms with Gasteiger partial charge in [0.1, 0.15) is 13.2 Å². The summed E-state index contributed by atoms with van der Waals surface area (Å²) in [4.78, 5) is 0. The van der Waals surface area contributed by atoms with Crippen molar-refractivity contribution in [1.82, 2.24) is 5.32 Å². The van der Waals surface area contributed by atoms with Crippen molar-refractivity contribution < 1.29 is 9.47 Å². The highest BCUT2D eigenvalue weighted by Crippen LogP contribution is 2.38. The van der Waals surface area contributed by atoms with E-state index in [2.05, 4.69) is 44.3 Å². The van der Waals surface area contributed by atoms with Crippen molar-refractivity contribution in [3.05, 3.63) is 23.8 Å². The van der Waals surface area contributed by atoms with E-state index in [1.807, 2.05) is 0 Å². The molecular weight excluding hydrogens is 250 g/mol. The van der Waals surface area contributed by atoms with Crippen LogP contribution < -0.4 is 14.8 Å². The van der Waals surface area contributed by atoms with Gasteiger partial charge in [-0.15, -0.1) is 0 Å². The van der Waals surface area contributed by atoms with Gasteiger partial charge in [-0.2, -0.15) is 0 Å². The number of fused-ring (bicyclic) bond motifs is 1. The third kappa shape index (κ3) is 3.09. The van der Waals surface area contributed by atoms with Crippen LogP contribution in [0.1, 0.15) is 45.6 Å². The van der Waals surface area contributed by atoms with E-state index in [4.69, 9.17) is 9.47 Å². The summed E-state index contributed by atoms with van der Waals surface area (Å²) in [7, 11) is 0. The summed E-state index contributed by atoms with van der Waals surface area (Å²) < 4.78 is 11.3. The van der Waals surface area contributed by atoms with Crippen molar-refractivity contribution in [3.63, 3.8) is 0 Å². The molecule has 0 saturated heterocycles. The van der Waals surface area contributed by atoms with Crippen LogP contribution in [0.5, 0.6) is 11.5 Å². The molecule has 0 aromatic heterocycles. The van der Waals surface area contributed by atoms with Crippen LogP contribution in [0.25, 0.3) is 0 Å². The van der Waals surface area contributed by atoms with E-state index in [0.29, 0.717) is 13.2 Å². The van der Waals surface area contributed by atoms with Gasteiger partial charge in [0.05, 0.1) is 0 Å². The highest BCUT2D eigenvalue weighted by atomic mass is 16.6. The molecular formula is C17H27NO2. The van der Waals surface area contributed by atoms with Crippen molar-refractivity contribution in [2.75, 3.05) is 26.3 Å². The van der Waals surface area contributed by atoms with Gasteiger partial charge in [-0.1, -0.05) is 26.8 Å². The van der Waals surface area contributed by atoms with Crippen molar-refractivity contribution >= 4 is 0 Å². The Balaban J connectivity index is 2.24. The van der Waals surface area contributed by atoms with Crippen molar-refractivity contribution in [3.8, 4) is 11.5 Å². The Hall–Kier alpha value is -1.22. The molecule has 0 aliphatic carbocycles. The second kappa shape index (κ2) is 6.98. The summed E-state index contributed by atoms with van der Waals surface area (Å²) in [6.07, 6.45) is 3.42. The molecule has 1 aromatic carbocycles. The van der Waals surface area contributed by atoms with Crippen molar-refractivity contribution in [2.24, 2.45) is 0 Å². The number of rotatable bonds is 7. The van der Waals surface area contributed by atoms with Crippen molar-refractivity contribution in [1.29, 1.82) is 0 Å². The van der Waals surface area contributed by atoms with Gasteiger partial charge in [-0.25, -0.2) is 0 Å². The first-order valence-electron chi connectivity index (χ1n) is 7.86. The fraction of sp³-hybridized carbons (Fsp3) is 0.647. The zero-order valence-electron chi connectivity index (χ0n) is 13.0. The molecule has 20 heavy (non-hydrogen) atoms. The molecule has 3 heteroatoms. The predicted octanol–water partition coefficient (Wildman–Crippen LogP) is 3.52. The van der Waals surface area contributed by atoms with Crippen LogP contribution in [-0.2, 0) is 5.41 Å². The third-order valence-electron chi connectivity index (χ3n) is 4.40. The summed E-state index contributed by atoms with van der Waals surface area (Å²) in [5.74, 6) is 1.78. The van der Waals surface area contributed by atoms with Crippen molar-refractivity contribution in [2.45, 2.75) is 45.4 Å². The Bertz CT molecular complexity index is 427. The smallest absolute Gasteiger partial charge is 0.161 e. The average Bonchev–Trinajstić information content (AvgIpc) is 2.52. The summed E-state index contributed by atoms with van der Waals surface area (Å²) >= 11 is 0. The van der Waals surface area contributed by atoms with Crippen LogP contribution in [-0.4, -0.2) is 26.3 Å². The van der Waals surface area contributed by atoms with E-state index in [9.17, 15) is 0 Å². The minimum Gasteiger partial charge on any atom is -0.486 e. The van der Waals surface area contributed by atoms with Gasteiger partial charge in [0.2, 0.25) is 0 Å². The predicted molar refractivity (Wildman–Crippen MR) is 82.9 cm³/mol. The molecule has 2 rings (SSSR count). The van der Waals surface area contributed by atoms with Crippen LogP contribution in [0.3, 0.4) is 0 Å². The summed E-state index contributed by atoms with van der Waals surface area (Å²) in [6.45, 7) is 10.1. The number of nitrogens with one attached hydrogen (secondary N) is 1. The lowest BCUT2D eigenvalue weighted by molar-refractivity contribution is 0.171. The van der Waals surface area contributed by atoms with E-state index >= 15 is 0 Å². The zero-order chi connectivity index (χ0) is 14.4. The molecule has 1 aromatic rings. The Morgan fingerprint density at radius 2 is 1.75 bits per heavy atom. The lowest BCUT2D eigenvalue weighted by Gasteiger charge is -2.34. The fourth-order valence-electron chi connectivity index (χ4n) is 2.89. The Morgan fingerprint density at radius 3 is 2.40 bits per heavy atom. The van der Waals surface area contributed by atoms with Crippen LogP contribution in [0.4, 0.5) is 0 Å². The van der Waals surface area contributed by atoms with Gasteiger partial charge in [-0.3, -0.25) is 0 Å². The van der Waals surface area contributed by atoms with Gasteiger partial charge in [0.25, 0.3) is 0 Å². The Labute approximate surface area is 122 Å². The minimum absolute atomic E-state index is 0.186. The maximum absolute atomic E-state index is 5.73. The molecule has 1 N–H and O–H groups in total. The normalized spacial score (nSPS) is 14.3. The van der Waals surface area contributed by atoms with Gasteiger partial charge in [0.15, 0.2) is 11.5 Å². The minimum atomic E-state index is 0.186. The maximum Gasteiger partial charge on any atom is 0.161 e. The summed E-state index contributed by atoms with van der Waals surface area (Å²) in [6, 6.07) is 6.44. The first-order chi connectivity index (χ1) is 9.75. The quantitative estimate of drug-likeness (QED) is 0.774. The SMILES string of the molecule is CCCNCC(CC)(CC)c1ccc2c(c1)OCCO2. The largest absolute Gasteiger partial charge is 0.486 e. The van der Waals surface area contributed by atoms with E-state index in [-0.39, 0.29) is 5.41 Å². The molecule has 1 aliphatic heterocycles. The number of hydrogen-bond acceptors (Lipinski definition) is 3. The summed E-state index contributed by atoms with van der Waals surface area (Å²) in [5, 5.41) is 3.58. The first-order valence-corrected chi connectivity index (χ1v) is 7.86. The maximum atomic E-state index is 5.73. The van der Waals surface area contributed by atoms with Crippen LogP contribution in [0, 0.1) is 0 Å². The van der Waals surface area contributed by atoms with E-state index in [0.717, 1.165) is 37.4 Å². The molecule has 0 spiro atoms. The molecule has 0 radical (unpaired) electrons. The molecule has 0 bridgehead atoms. The monoisotopic (exact) mass is 277 g/mol. The Kier molecular flexibility index (Phi) is 5.30. The molecule has 0 unspecified atom stereocenters. The van der Waals surface area contributed by atoms with Gasteiger partial charge in [-0.05, 0) is 43.5 Å². The molecule has 0 amide bonds. The third-order valence-corrected chi connectivity index (χ3v) is 4.40. The summed E-state index contributed by atoms with van der Waals surface area (Å²) in [5.41, 5.74) is 1.54. The van der Waals surface area contributed by atoms with Crippen LogP contribution in [0.2, 0.25) is 0 Å². The second-order valence-electron chi connectivity index (χ2n) is 5.52. The van der Waals surface area contributed by atoms with Gasteiger partial charge >= 0.3 is 0 Å². The van der Waals surface area contributed by atoms with Gasteiger partial charge in [0, 0.05) is 12.0 Å². The average molecular weight is 277 g/mol. The first kappa shape index (κ1) is 15.2. The molecule has 1 heterocycles. The zero-order valence-corrected chi connectivity index (χ0v) is 13.0. The molecule has 0 fully saturated rings. The number of ether oxygens (including phenoxy) is 2. The lowest BCUT2D eigenvalue weighted by atomic mass is 9.75. The second-order valence-corrected chi connectivity index (χ2v) is 5.52. The fourth-order valence-corrected chi connectivity index (χ4v) is 2.89. The molecule has 0 atom stereocenters. The van der Waals surface area contributed by atoms with Crippen LogP contribution >= 0.6 is 0 Å².